The van der Waals surface area contributed by atoms with E-state index >= 15 is 0 Å². The van der Waals surface area contributed by atoms with Gasteiger partial charge in [0.05, 0.1) is 18.1 Å². The van der Waals surface area contributed by atoms with Crippen LogP contribution < -0.4 is 4.90 Å². The van der Waals surface area contributed by atoms with Crippen molar-refractivity contribution in [2.24, 2.45) is 0 Å². The molecule has 3 heterocycles. The van der Waals surface area contributed by atoms with Crippen molar-refractivity contribution in [2.75, 3.05) is 77.0 Å². The molecule has 1 aromatic rings. The molecule has 0 aliphatic carbocycles. The van der Waals surface area contributed by atoms with Crippen LogP contribution in [0.15, 0.2) is 18.2 Å². The number of nitro groups is 1. The van der Waals surface area contributed by atoms with Crippen LogP contribution in [0.1, 0.15) is 23.7 Å². The molecule has 1 atom stereocenters. The van der Waals surface area contributed by atoms with E-state index in [-0.39, 0.29) is 16.5 Å². The molecular formula is C21H31N5O4. The van der Waals surface area contributed by atoms with Crippen LogP contribution in [0.4, 0.5) is 11.4 Å². The van der Waals surface area contributed by atoms with Crippen LogP contribution in [0.2, 0.25) is 0 Å². The van der Waals surface area contributed by atoms with Crippen LogP contribution in [0.3, 0.4) is 0 Å². The average Bonchev–Trinajstić information content (AvgIpc) is 3.29. The number of ether oxygens (including phenoxy) is 1. The van der Waals surface area contributed by atoms with Gasteiger partial charge in [0, 0.05) is 70.0 Å². The van der Waals surface area contributed by atoms with E-state index in [1.54, 1.807) is 17.0 Å². The quantitative estimate of drug-likeness (QED) is 0.527. The van der Waals surface area contributed by atoms with Crippen molar-refractivity contribution >= 4 is 17.3 Å². The number of amides is 1. The zero-order chi connectivity index (χ0) is 21.1. The Bertz CT molecular complexity index is 775. The minimum Gasteiger partial charge on any atom is -0.378 e. The summed E-state index contributed by atoms with van der Waals surface area (Å²) in [7, 11) is 0. The highest BCUT2D eigenvalue weighted by atomic mass is 16.6. The number of carbonyl (C=O) groups excluding carboxylic acids is 1. The minimum atomic E-state index is -0.362. The maximum atomic E-state index is 12.7. The fourth-order valence-electron chi connectivity index (χ4n) is 4.72. The molecule has 9 heteroatoms. The fourth-order valence-corrected chi connectivity index (χ4v) is 4.72. The lowest BCUT2D eigenvalue weighted by Crippen LogP contribution is -2.50. The van der Waals surface area contributed by atoms with Gasteiger partial charge in [-0.15, -0.1) is 0 Å². The first-order valence-electron chi connectivity index (χ1n) is 10.9. The third kappa shape index (κ3) is 4.43. The molecule has 0 aromatic heterocycles. The van der Waals surface area contributed by atoms with Crippen molar-refractivity contribution < 1.29 is 14.5 Å². The number of rotatable bonds is 5. The molecule has 3 aliphatic rings. The van der Waals surface area contributed by atoms with Gasteiger partial charge in [0.15, 0.2) is 0 Å². The van der Waals surface area contributed by atoms with Gasteiger partial charge in [0.2, 0.25) is 0 Å². The van der Waals surface area contributed by atoms with Gasteiger partial charge in [-0.3, -0.25) is 19.8 Å². The molecular weight excluding hydrogens is 386 g/mol. The highest BCUT2D eigenvalue weighted by Gasteiger charge is 2.33. The van der Waals surface area contributed by atoms with E-state index in [9.17, 15) is 14.9 Å². The van der Waals surface area contributed by atoms with Crippen molar-refractivity contribution in [3.8, 4) is 0 Å². The van der Waals surface area contributed by atoms with Crippen LogP contribution in [-0.2, 0) is 4.74 Å². The van der Waals surface area contributed by atoms with Crippen LogP contribution >= 0.6 is 0 Å². The lowest BCUT2D eigenvalue weighted by Gasteiger charge is -2.37. The summed E-state index contributed by atoms with van der Waals surface area (Å²) in [5.74, 6) is -0.166. The Morgan fingerprint density at radius 3 is 2.53 bits per heavy atom. The van der Waals surface area contributed by atoms with E-state index in [0.29, 0.717) is 43.6 Å². The van der Waals surface area contributed by atoms with Crippen molar-refractivity contribution in [1.29, 1.82) is 0 Å². The third-order valence-electron chi connectivity index (χ3n) is 6.59. The molecule has 1 unspecified atom stereocenters. The summed E-state index contributed by atoms with van der Waals surface area (Å²) in [6.07, 6.45) is 1.01. The molecule has 164 valence electrons. The maximum Gasteiger partial charge on any atom is 0.293 e. The average molecular weight is 418 g/mol. The Morgan fingerprint density at radius 1 is 1.13 bits per heavy atom. The van der Waals surface area contributed by atoms with E-state index in [1.165, 1.54) is 6.07 Å². The van der Waals surface area contributed by atoms with Gasteiger partial charge in [0.1, 0.15) is 5.69 Å². The summed E-state index contributed by atoms with van der Waals surface area (Å²) in [5, 5.41) is 11.8. The number of nitrogens with zero attached hydrogens (tertiary/aromatic N) is 5. The second-order valence-corrected chi connectivity index (χ2v) is 8.22. The first kappa shape index (κ1) is 21.0. The molecule has 3 saturated heterocycles. The van der Waals surface area contributed by atoms with Crippen molar-refractivity contribution in [2.45, 2.75) is 19.4 Å². The van der Waals surface area contributed by atoms with Gasteiger partial charge < -0.3 is 19.4 Å². The van der Waals surface area contributed by atoms with Gasteiger partial charge in [-0.1, -0.05) is 6.92 Å². The van der Waals surface area contributed by atoms with Crippen molar-refractivity contribution in [1.82, 2.24) is 14.7 Å². The number of piperazine rings is 1. The van der Waals surface area contributed by atoms with E-state index in [1.807, 2.05) is 0 Å². The minimum absolute atomic E-state index is 0.0190. The van der Waals surface area contributed by atoms with Crippen LogP contribution in [0.25, 0.3) is 0 Å². The van der Waals surface area contributed by atoms with E-state index < -0.39 is 0 Å². The van der Waals surface area contributed by atoms with E-state index in [0.717, 1.165) is 52.2 Å². The number of likely N-dealkylation sites (N-methyl/N-ethyl adjacent to an activating group) is 1. The lowest BCUT2D eigenvalue weighted by molar-refractivity contribution is -0.384. The second-order valence-electron chi connectivity index (χ2n) is 8.22. The zero-order valence-electron chi connectivity index (χ0n) is 17.7. The topological polar surface area (TPSA) is 82.4 Å². The second kappa shape index (κ2) is 9.28. The maximum absolute atomic E-state index is 12.7. The molecule has 0 spiro atoms. The van der Waals surface area contributed by atoms with Gasteiger partial charge in [-0.25, -0.2) is 0 Å². The standard InChI is InChI=1S/C21H31N5O4/c1-2-22-7-9-23(10-8-22)18-5-6-25(16-18)19-4-3-17(15-20(19)26(28)29)21(27)24-11-13-30-14-12-24/h3-4,15,18H,2,5-14,16H2,1H3. The number of anilines is 1. The molecule has 1 amide bonds. The summed E-state index contributed by atoms with van der Waals surface area (Å²) >= 11 is 0. The summed E-state index contributed by atoms with van der Waals surface area (Å²) in [6, 6.07) is 5.36. The van der Waals surface area contributed by atoms with Gasteiger partial charge in [-0.2, -0.15) is 0 Å². The van der Waals surface area contributed by atoms with Gasteiger partial charge >= 0.3 is 0 Å². The molecule has 0 saturated carbocycles. The molecule has 0 radical (unpaired) electrons. The Labute approximate surface area is 177 Å². The summed E-state index contributed by atoms with van der Waals surface area (Å²) in [4.78, 5) is 33.0. The number of morpholine rings is 1. The Balaban J connectivity index is 1.46. The molecule has 30 heavy (non-hydrogen) atoms. The Morgan fingerprint density at radius 2 is 1.87 bits per heavy atom. The number of carbonyl (C=O) groups is 1. The molecule has 3 fully saturated rings. The van der Waals surface area contributed by atoms with Gasteiger partial charge in [0.25, 0.3) is 11.6 Å². The first-order chi connectivity index (χ1) is 14.6. The fraction of sp³-hybridized carbons (Fsp3) is 0.667. The largest absolute Gasteiger partial charge is 0.378 e. The summed E-state index contributed by atoms with van der Waals surface area (Å²) in [5.41, 5.74) is 1.01. The zero-order valence-corrected chi connectivity index (χ0v) is 17.7. The van der Waals surface area contributed by atoms with Crippen molar-refractivity contribution in [3.05, 3.63) is 33.9 Å². The number of nitro benzene ring substituents is 1. The number of hydrogen-bond acceptors (Lipinski definition) is 7. The molecule has 0 N–H and O–H groups in total. The Hall–Kier alpha value is -2.23. The van der Waals surface area contributed by atoms with E-state index in [2.05, 4.69) is 21.6 Å². The lowest BCUT2D eigenvalue weighted by atomic mass is 10.1. The molecule has 3 aliphatic heterocycles. The highest BCUT2D eigenvalue weighted by Crippen LogP contribution is 2.33. The predicted octanol–water partition coefficient (Wildman–Crippen LogP) is 1.28. The van der Waals surface area contributed by atoms with Crippen molar-refractivity contribution in [3.63, 3.8) is 0 Å². The predicted molar refractivity (Wildman–Crippen MR) is 114 cm³/mol. The number of benzene rings is 1. The summed E-state index contributed by atoms with van der Waals surface area (Å²) in [6.45, 7) is 11.2. The SMILES string of the molecule is CCN1CCN(C2CCN(c3ccc(C(=O)N4CCOCC4)cc3[N+](=O)[O-])C2)CC1. The molecule has 4 rings (SSSR count). The normalized spacial score (nSPS) is 23.7. The highest BCUT2D eigenvalue weighted by molar-refractivity contribution is 5.96. The van der Waals surface area contributed by atoms with Crippen LogP contribution in [0.5, 0.6) is 0 Å². The van der Waals surface area contributed by atoms with Gasteiger partial charge in [-0.05, 0) is 25.1 Å². The number of hydrogen-bond donors (Lipinski definition) is 0. The van der Waals surface area contributed by atoms with Crippen LogP contribution in [0, 0.1) is 10.1 Å². The first-order valence-corrected chi connectivity index (χ1v) is 10.9. The monoisotopic (exact) mass is 417 g/mol. The molecule has 1 aromatic carbocycles. The Kier molecular flexibility index (Phi) is 6.50. The third-order valence-corrected chi connectivity index (χ3v) is 6.59. The summed E-state index contributed by atoms with van der Waals surface area (Å²) < 4.78 is 5.29. The van der Waals surface area contributed by atoms with E-state index in [4.69, 9.17) is 4.74 Å². The molecule has 0 bridgehead atoms. The smallest absolute Gasteiger partial charge is 0.293 e. The van der Waals surface area contributed by atoms with Crippen LogP contribution in [-0.4, -0.2) is 104 Å². The molecule has 9 nitrogen and oxygen atoms in total.